The lowest BCUT2D eigenvalue weighted by atomic mass is 9.78. The lowest BCUT2D eigenvalue weighted by Crippen LogP contribution is -2.13. The molecule has 0 spiro atoms. The number of benzene rings is 2. The third kappa shape index (κ3) is 5.59. The van der Waals surface area contributed by atoms with Crippen LogP contribution in [0.15, 0.2) is 49.1 Å². The van der Waals surface area contributed by atoms with E-state index in [2.05, 4.69) is 6.58 Å². The summed E-state index contributed by atoms with van der Waals surface area (Å²) < 4.78 is 49.2. The van der Waals surface area contributed by atoms with E-state index in [9.17, 15) is 13.2 Å². The molecule has 4 heteroatoms. The van der Waals surface area contributed by atoms with Gasteiger partial charge in [0.25, 0.3) is 0 Å². The molecular formula is C30H35F3O. The van der Waals surface area contributed by atoms with Crippen LogP contribution in [-0.2, 0) is 0 Å². The Hall–Kier alpha value is -2.49. The average molecular weight is 469 g/mol. The molecule has 0 heterocycles. The molecule has 0 saturated heterocycles. The Kier molecular flexibility index (Phi) is 8.18. The van der Waals surface area contributed by atoms with Crippen molar-refractivity contribution in [1.29, 1.82) is 0 Å². The second kappa shape index (κ2) is 11.3. The lowest BCUT2D eigenvalue weighted by Gasteiger charge is -2.27. The number of ether oxygens (including phenoxy) is 1. The van der Waals surface area contributed by atoms with E-state index in [4.69, 9.17) is 4.74 Å². The number of rotatable bonds is 7. The van der Waals surface area contributed by atoms with Gasteiger partial charge in [-0.3, -0.25) is 0 Å². The van der Waals surface area contributed by atoms with E-state index < -0.39 is 11.6 Å². The van der Waals surface area contributed by atoms with Gasteiger partial charge < -0.3 is 4.74 Å². The van der Waals surface area contributed by atoms with Crippen molar-refractivity contribution >= 4 is 6.08 Å². The summed E-state index contributed by atoms with van der Waals surface area (Å²) in [5, 5.41) is 0. The summed E-state index contributed by atoms with van der Waals surface area (Å²) in [6.07, 6.45) is 13.3. The van der Waals surface area contributed by atoms with Gasteiger partial charge in [-0.25, -0.2) is 13.2 Å². The smallest absolute Gasteiger partial charge is 0.166 e. The van der Waals surface area contributed by atoms with Gasteiger partial charge in [0, 0.05) is 5.56 Å². The van der Waals surface area contributed by atoms with Crippen LogP contribution in [0.2, 0.25) is 0 Å². The highest BCUT2D eigenvalue weighted by Gasteiger charge is 2.25. The van der Waals surface area contributed by atoms with E-state index in [1.807, 2.05) is 25.1 Å². The summed E-state index contributed by atoms with van der Waals surface area (Å²) in [6, 6.07) is 8.76. The van der Waals surface area contributed by atoms with Crippen LogP contribution in [0.1, 0.15) is 86.8 Å². The molecule has 2 aromatic carbocycles. The first-order chi connectivity index (χ1) is 16.5. The molecular weight excluding hydrogens is 433 g/mol. The molecule has 0 bridgehead atoms. The molecule has 0 amide bonds. The second-order valence-corrected chi connectivity index (χ2v) is 9.81. The second-order valence-electron chi connectivity index (χ2n) is 9.81. The molecule has 2 saturated carbocycles. The molecule has 0 unspecified atom stereocenters. The van der Waals surface area contributed by atoms with Gasteiger partial charge in [-0.15, -0.1) is 6.58 Å². The number of allylic oxidation sites excluding steroid dienone is 2. The van der Waals surface area contributed by atoms with Crippen LogP contribution in [0.5, 0.6) is 5.75 Å². The molecule has 4 rings (SSSR count). The Morgan fingerprint density at radius 3 is 2.18 bits per heavy atom. The Bertz CT molecular complexity index is 1010. The average Bonchev–Trinajstić information content (AvgIpc) is 2.87. The minimum Gasteiger partial charge on any atom is -0.491 e. The highest BCUT2D eigenvalue weighted by molar-refractivity contribution is 5.52. The zero-order valence-corrected chi connectivity index (χ0v) is 20.0. The zero-order chi connectivity index (χ0) is 24.1. The van der Waals surface area contributed by atoms with Crippen LogP contribution in [0.3, 0.4) is 0 Å². The standard InChI is InChI=1S/C30H35F3O/c1-3-20-5-12-23(13-6-20)26-17-15-24(29(32)30(26)33)14-9-21-7-10-22(11-8-21)25-16-18-28(34-4-2)27(31)19-25/h3,9,14-23H,1,4-8,10-13H2,2H3/b14-9+. The van der Waals surface area contributed by atoms with Crippen LogP contribution in [0.4, 0.5) is 13.2 Å². The third-order valence-electron chi connectivity index (χ3n) is 7.73. The Morgan fingerprint density at radius 1 is 0.853 bits per heavy atom. The van der Waals surface area contributed by atoms with Gasteiger partial charge in [-0.1, -0.05) is 36.4 Å². The molecule has 0 atom stereocenters. The van der Waals surface area contributed by atoms with E-state index >= 15 is 0 Å². The molecule has 2 aliphatic rings. The highest BCUT2D eigenvalue weighted by atomic mass is 19.2. The maximum atomic E-state index is 14.9. The van der Waals surface area contributed by atoms with Crippen molar-refractivity contribution < 1.29 is 17.9 Å². The maximum Gasteiger partial charge on any atom is 0.166 e. The summed E-state index contributed by atoms with van der Waals surface area (Å²) >= 11 is 0. The minimum atomic E-state index is -0.738. The van der Waals surface area contributed by atoms with E-state index in [1.165, 1.54) is 0 Å². The Morgan fingerprint density at radius 2 is 1.53 bits per heavy atom. The van der Waals surface area contributed by atoms with Crippen molar-refractivity contribution in [2.24, 2.45) is 11.8 Å². The van der Waals surface area contributed by atoms with Gasteiger partial charge in [0.05, 0.1) is 6.61 Å². The number of hydrogen-bond acceptors (Lipinski definition) is 1. The first-order valence-corrected chi connectivity index (χ1v) is 12.7. The summed E-state index contributed by atoms with van der Waals surface area (Å²) in [6.45, 7) is 6.14. The molecule has 34 heavy (non-hydrogen) atoms. The SMILES string of the molecule is C=CC1CCC(c2ccc(/C=C/C3CCC(c4ccc(OCC)c(F)c4)CC3)c(F)c2F)CC1. The predicted octanol–water partition coefficient (Wildman–Crippen LogP) is 8.95. The molecule has 2 aliphatic carbocycles. The molecule has 1 nitrogen and oxygen atoms in total. The van der Waals surface area contributed by atoms with Gasteiger partial charge in [-0.2, -0.15) is 0 Å². The van der Waals surface area contributed by atoms with Crippen molar-refractivity contribution in [3.63, 3.8) is 0 Å². The van der Waals surface area contributed by atoms with E-state index in [-0.39, 0.29) is 11.7 Å². The quantitative estimate of drug-likeness (QED) is 0.369. The lowest BCUT2D eigenvalue weighted by molar-refractivity contribution is 0.320. The Labute approximate surface area is 201 Å². The summed E-state index contributed by atoms with van der Waals surface area (Å²) in [4.78, 5) is 0. The topological polar surface area (TPSA) is 9.23 Å². The first kappa shape index (κ1) is 24.6. The van der Waals surface area contributed by atoms with Crippen molar-refractivity contribution in [2.75, 3.05) is 6.61 Å². The summed E-state index contributed by atoms with van der Waals surface area (Å²) in [5.41, 5.74) is 1.84. The fourth-order valence-corrected chi connectivity index (χ4v) is 5.62. The van der Waals surface area contributed by atoms with Crippen LogP contribution in [-0.4, -0.2) is 6.61 Å². The Balaban J connectivity index is 1.35. The molecule has 182 valence electrons. The summed E-state index contributed by atoms with van der Waals surface area (Å²) in [5.74, 6) is -0.215. The van der Waals surface area contributed by atoms with Crippen LogP contribution in [0.25, 0.3) is 6.08 Å². The normalized spacial score (nSPS) is 25.4. The molecule has 0 N–H and O–H groups in total. The largest absolute Gasteiger partial charge is 0.491 e. The highest BCUT2D eigenvalue weighted by Crippen LogP contribution is 2.39. The van der Waals surface area contributed by atoms with Crippen LogP contribution >= 0.6 is 0 Å². The fourth-order valence-electron chi connectivity index (χ4n) is 5.62. The van der Waals surface area contributed by atoms with Crippen molar-refractivity contribution in [3.8, 4) is 5.75 Å². The third-order valence-corrected chi connectivity index (χ3v) is 7.73. The first-order valence-electron chi connectivity index (χ1n) is 12.7. The van der Waals surface area contributed by atoms with Crippen LogP contribution < -0.4 is 4.74 Å². The fraction of sp³-hybridized carbons (Fsp3) is 0.467. The molecule has 2 fully saturated rings. The monoisotopic (exact) mass is 468 g/mol. The van der Waals surface area contributed by atoms with Gasteiger partial charge in [0.15, 0.2) is 23.2 Å². The van der Waals surface area contributed by atoms with Gasteiger partial charge in [-0.05, 0) is 105 Å². The maximum absolute atomic E-state index is 14.9. The molecule has 0 aliphatic heterocycles. The van der Waals surface area contributed by atoms with Crippen LogP contribution in [0, 0.1) is 29.3 Å². The van der Waals surface area contributed by atoms with Crippen molar-refractivity contribution in [3.05, 3.63) is 83.2 Å². The van der Waals surface area contributed by atoms with Crippen molar-refractivity contribution in [2.45, 2.75) is 70.1 Å². The molecule has 0 radical (unpaired) electrons. The van der Waals surface area contributed by atoms with Gasteiger partial charge in [0.2, 0.25) is 0 Å². The van der Waals surface area contributed by atoms with Gasteiger partial charge in [0.1, 0.15) is 0 Å². The molecule has 2 aromatic rings. The predicted molar refractivity (Wildman–Crippen MR) is 133 cm³/mol. The van der Waals surface area contributed by atoms with E-state index in [1.54, 1.807) is 30.3 Å². The van der Waals surface area contributed by atoms with Gasteiger partial charge >= 0.3 is 0 Å². The number of halogens is 3. The minimum absolute atomic E-state index is 0.0893. The van der Waals surface area contributed by atoms with Crippen molar-refractivity contribution in [1.82, 2.24) is 0 Å². The number of hydrogen-bond donors (Lipinski definition) is 0. The molecule has 0 aromatic heterocycles. The van der Waals surface area contributed by atoms with E-state index in [0.717, 1.165) is 56.9 Å². The zero-order valence-electron chi connectivity index (χ0n) is 20.0. The van der Waals surface area contributed by atoms with E-state index in [0.29, 0.717) is 41.2 Å². The summed E-state index contributed by atoms with van der Waals surface area (Å²) in [7, 11) is 0.